The van der Waals surface area contributed by atoms with Crippen LogP contribution >= 0.6 is 0 Å². The number of nitrogens with zero attached hydrogens (tertiary/aromatic N) is 2. The fourth-order valence-electron chi connectivity index (χ4n) is 3.73. The van der Waals surface area contributed by atoms with Crippen LogP contribution in [0.2, 0.25) is 0 Å². The number of hydrogen-bond donors (Lipinski definition) is 2. The second-order valence-electron chi connectivity index (χ2n) is 6.88. The van der Waals surface area contributed by atoms with Crippen LogP contribution in [0, 0.1) is 5.92 Å². The van der Waals surface area contributed by atoms with E-state index >= 15 is 0 Å². The molecule has 1 aliphatic carbocycles. The van der Waals surface area contributed by atoms with Crippen molar-refractivity contribution in [2.24, 2.45) is 11.7 Å². The van der Waals surface area contributed by atoms with E-state index in [2.05, 4.69) is 35.5 Å². The molecule has 3 N–H and O–H groups in total. The number of fused-ring (bicyclic) bond motifs is 1. The molecule has 0 bridgehead atoms. The number of rotatable bonds is 4. The number of benzene rings is 1. The molecule has 4 rings (SSSR count). The molecule has 2 heterocycles. The van der Waals surface area contributed by atoms with Gasteiger partial charge in [0.25, 0.3) is 5.91 Å². The van der Waals surface area contributed by atoms with Gasteiger partial charge in [0, 0.05) is 17.8 Å². The van der Waals surface area contributed by atoms with Gasteiger partial charge in [0.1, 0.15) is 0 Å². The first-order valence-electron chi connectivity index (χ1n) is 8.76. The largest absolute Gasteiger partial charge is 0.380 e. The summed E-state index contributed by atoms with van der Waals surface area (Å²) in [5, 5.41) is 7.97. The van der Waals surface area contributed by atoms with Crippen LogP contribution in [0.25, 0.3) is 16.6 Å². The van der Waals surface area contributed by atoms with Crippen LogP contribution in [0.5, 0.6) is 0 Å². The summed E-state index contributed by atoms with van der Waals surface area (Å²) in [6, 6.07) is 12.6. The molecular weight excluding hydrogens is 312 g/mol. The van der Waals surface area contributed by atoms with Crippen molar-refractivity contribution in [3.05, 3.63) is 54.4 Å². The van der Waals surface area contributed by atoms with Gasteiger partial charge in [0.2, 0.25) is 0 Å². The summed E-state index contributed by atoms with van der Waals surface area (Å²) in [5.41, 5.74) is 9.92. The smallest absolute Gasteiger partial charge is 0.252 e. The first-order chi connectivity index (χ1) is 12.1. The molecule has 0 aliphatic heterocycles. The Morgan fingerprint density at radius 2 is 2.04 bits per heavy atom. The monoisotopic (exact) mass is 334 g/mol. The van der Waals surface area contributed by atoms with E-state index in [1.165, 1.54) is 12.8 Å². The summed E-state index contributed by atoms with van der Waals surface area (Å²) in [7, 11) is 0. The maximum Gasteiger partial charge on any atom is 0.252 e. The summed E-state index contributed by atoms with van der Waals surface area (Å²) in [4.78, 5) is 11.9. The molecule has 25 heavy (non-hydrogen) atoms. The Kier molecular flexibility index (Phi) is 3.92. The molecule has 2 aromatic heterocycles. The van der Waals surface area contributed by atoms with Gasteiger partial charge in [-0.25, -0.2) is 4.52 Å². The maximum atomic E-state index is 11.9. The molecule has 1 aromatic carbocycles. The minimum atomic E-state index is -0.453. The van der Waals surface area contributed by atoms with Crippen LogP contribution < -0.4 is 11.1 Å². The quantitative estimate of drug-likeness (QED) is 0.764. The molecule has 1 aliphatic rings. The Balaban J connectivity index is 1.83. The average molecular weight is 334 g/mol. The minimum absolute atomic E-state index is 0.361. The molecule has 5 heteroatoms. The topological polar surface area (TPSA) is 72.4 Å². The van der Waals surface area contributed by atoms with Crippen molar-refractivity contribution in [3.8, 4) is 11.1 Å². The molecule has 5 nitrogen and oxygen atoms in total. The van der Waals surface area contributed by atoms with Gasteiger partial charge in [0.15, 0.2) is 0 Å². The average Bonchev–Trinajstić information content (AvgIpc) is 3.22. The second-order valence-corrected chi connectivity index (χ2v) is 6.88. The number of nitrogens with two attached hydrogens (primary N) is 1. The van der Waals surface area contributed by atoms with Gasteiger partial charge < -0.3 is 11.1 Å². The molecule has 1 saturated carbocycles. The van der Waals surface area contributed by atoms with E-state index in [1.807, 2.05) is 28.9 Å². The van der Waals surface area contributed by atoms with Crippen molar-refractivity contribution >= 4 is 17.1 Å². The van der Waals surface area contributed by atoms with E-state index in [0.29, 0.717) is 17.5 Å². The van der Waals surface area contributed by atoms with Crippen LogP contribution in [0.15, 0.2) is 48.8 Å². The molecule has 0 spiro atoms. The van der Waals surface area contributed by atoms with E-state index < -0.39 is 5.91 Å². The number of carbonyl (C=O) groups excluding carboxylic acids is 1. The second kappa shape index (κ2) is 6.24. The zero-order valence-electron chi connectivity index (χ0n) is 14.3. The Hall–Kier alpha value is -2.82. The Morgan fingerprint density at radius 3 is 2.72 bits per heavy atom. The zero-order valence-corrected chi connectivity index (χ0v) is 14.3. The molecule has 3 aromatic rings. The lowest BCUT2D eigenvalue weighted by molar-refractivity contribution is 0.100. The predicted octanol–water partition coefficient (Wildman–Crippen LogP) is 3.70. The van der Waals surface area contributed by atoms with Crippen LogP contribution in [-0.4, -0.2) is 21.6 Å². The number of aromatic nitrogens is 2. The third kappa shape index (κ3) is 2.86. The van der Waals surface area contributed by atoms with Crippen LogP contribution in [0.1, 0.15) is 36.5 Å². The zero-order chi connectivity index (χ0) is 17.4. The summed E-state index contributed by atoms with van der Waals surface area (Å²) < 4.78 is 1.82. The van der Waals surface area contributed by atoms with Crippen molar-refractivity contribution in [1.82, 2.24) is 9.61 Å². The number of nitrogens with one attached hydrogen (secondary N) is 1. The van der Waals surface area contributed by atoms with Crippen LogP contribution in [-0.2, 0) is 0 Å². The summed E-state index contributed by atoms with van der Waals surface area (Å²) >= 11 is 0. The van der Waals surface area contributed by atoms with Gasteiger partial charge >= 0.3 is 0 Å². The van der Waals surface area contributed by atoms with Gasteiger partial charge in [-0.3, -0.25) is 4.79 Å². The molecule has 2 atom stereocenters. The first kappa shape index (κ1) is 15.7. The minimum Gasteiger partial charge on any atom is -0.380 e. The standard InChI is InChI=1S/C20H22N4O/c1-13-6-5-9-17(13)23-19-16(20(21)25)11-22-24-12-15(10-18(19)24)14-7-3-2-4-8-14/h2-4,7-8,10-13,17,23H,5-6,9H2,1H3,(H2,21,25)/t13-,17+/m0/s1. The van der Waals surface area contributed by atoms with Crippen molar-refractivity contribution in [1.29, 1.82) is 0 Å². The fraction of sp³-hybridized carbons (Fsp3) is 0.300. The van der Waals surface area contributed by atoms with Crippen molar-refractivity contribution < 1.29 is 4.79 Å². The van der Waals surface area contributed by atoms with E-state index in [9.17, 15) is 4.79 Å². The van der Waals surface area contributed by atoms with Gasteiger partial charge in [-0.1, -0.05) is 43.7 Å². The van der Waals surface area contributed by atoms with Crippen molar-refractivity contribution in [2.75, 3.05) is 5.32 Å². The third-order valence-electron chi connectivity index (χ3n) is 5.20. The Morgan fingerprint density at radius 1 is 1.24 bits per heavy atom. The molecule has 128 valence electrons. The lowest BCUT2D eigenvalue weighted by Gasteiger charge is -2.20. The highest BCUT2D eigenvalue weighted by molar-refractivity contribution is 6.02. The predicted molar refractivity (Wildman–Crippen MR) is 99.6 cm³/mol. The summed E-state index contributed by atoms with van der Waals surface area (Å²) in [6.45, 7) is 2.25. The van der Waals surface area contributed by atoms with Gasteiger partial charge in [0.05, 0.1) is 23.0 Å². The Bertz CT molecular complexity index is 916. The molecule has 0 radical (unpaired) electrons. The number of anilines is 1. The van der Waals surface area contributed by atoms with Crippen molar-refractivity contribution in [3.63, 3.8) is 0 Å². The van der Waals surface area contributed by atoms with E-state index in [0.717, 1.165) is 28.8 Å². The van der Waals surface area contributed by atoms with E-state index in [4.69, 9.17) is 5.73 Å². The van der Waals surface area contributed by atoms with Gasteiger partial charge in [-0.2, -0.15) is 5.10 Å². The molecule has 1 amide bonds. The molecule has 0 saturated heterocycles. The number of carbonyl (C=O) groups is 1. The third-order valence-corrected chi connectivity index (χ3v) is 5.20. The number of amides is 1. The van der Waals surface area contributed by atoms with Crippen molar-refractivity contribution in [2.45, 2.75) is 32.2 Å². The lowest BCUT2D eigenvalue weighted by Crippen LogP contribution is -2.25. The molecular formula is C20H22N4O. The van der Waals surface area contributed by atoms with Crippen LogP contribution in [0.3, 0.4) is 0 Å². The van der Waals surface area contributed by atoms with E-state index in [-0.39, 0.29) is 0 Å². The normalized spacial score (nSPS) is 20.0. The highest BCUT2D eigenvalue weighted by Gasteiger charge is 2.26. The fourth-order valence-corrected chi connectivity index (χ4v) is 3.73. The molecule has 1 fully saturated rings. The van der Waals surface area contributed by atoms with Crippen LogP contribution in [0.4, 0.5) is 5.69 Å². The lowest BCUT2D eigenvalue weighted by atomic mass is 10.0. The summed E-state index contributed by atoms with van der Waals surface area (Å²) in [5.74, 6) is 0.128. The highest BCUT2D eigenvalue weighted by Crippen LogP contribution is 2.33. The maximum absolute atomic E-state index is 11.9. The number of hydrogen-bond acceptors (Lipinski definition) is 3. The first-order valence-corrected chi connectivity index (χ1v) is 8.76. The van der Waals surface area contributed by atoms with E-state index in [1.54, 1.807) is 6.20 Å². The summed E-state index contributed by atoms with van der Waals surface area (Å²) in [6.07, 6.45) is 7.08. The highest BCUT2D eigenvalue weighted by atomic mass is 16.1. The van der Waals surface area contributed by atoms with Gasteiger partial charge in [-0.05, 0) is 30.4 Å². The number of primary amides is 1. The molecule has 0 unspecified atom stereocenters. The van der Waals surface area contributed by atoms with Gasteiger partial charge in [-0.15, -0.1) is 0 Å². The Labute approximate surface area is 146 Å². The SMILES string of the molecule is C[C@H]1CCC[C@H]1Nc1c(C(N)=O)cnn2cc(-c3ccccc3)cc12.